The lowest BCUT2D eigenvalue weighted by Gasteiger charge is -2.13. The molecule has 0 amide bonds. The van der Waals surface area contributed by atoms with Crippen LogP contribution in [0.25, 0.3) is 11.4 Å². The molecule has 2 rings (SSSR count). The van der Waals surface area contributed by atoms with Gasteiger partial charge in [-0.05, 0) is 48.0 Å². The molecule has 0 saturated carbocycles. The molecule has 1 aromatic carbocycles. The molecule has 0 atom stereocenters. The zero-order valence-corrected chi connectivity index (χ0v) is 14.7. The SMILES string of the molecule is CC(C)n1c(-c2ccc(Br)cc2Br)nnc1S(N)(=O)=O. The minimum absolute atomic E-state index is 0.149. The Morgan fingerprint density at radius 3 is 2.40 bits per heavy atom. The van der Waals surface area contributed by atoms with Crippen molar-refractivity contribution in [3.8, 4) is 11.4 Å². The van der Waals surface area contributed by atoms with Crippen LogP contribution in [-0.2, 0) is 10.0 Å². The summed E-state index contributed by atoms with van der Waals surface area (Å²) in [6.45, 7) is 3.68. The Morgan fingerprint density at radius 1 is 1.25 bits per heavy atom. The molecule has 108 valence electrons. The maximum atomic E-state index is 11.6. The minimum Gasteiger partial charge on any atom is -0.294 e. The van der Waals surface area contributed by atoms with Gasteiger partial charge in [-0.1, -0.05) is 15.9 Å². The molecule has 0 radical (unpaired) electrons. The first-order valence-electron chi connectivity index (χ1n) is 5.65. The van der Waals surface area contributed by atoms with Gasteiger partial charge in [0.2, 0.25) is 0 Å². The molecular formula is C11H12Br2N4O2S. The Morgan fingerprint density at radius 2 is 1.90 bits per heavy atom. The second kappa shape index (κ2) is 5.55. The minimum atomic E-state index is -3.92. The third-order valence-corrected chi connectivity index (χ3v) is 4.54. The summed E-state index contributed by atoms with van der Waals surface area (Å²) in [6, 6.07) is 5.37. The average molecular weight is 424 g/mol. The van der Waals surface area contributed by atoms with E-state index in [9.17, 15) is 8.42 Å². The van der Waals surface area contributed by atoms with Crippen LogP contribution in [0.1, 0.15) is 19.9 Å². The fourth-order valence-corrected chi connectivity index (χ4v) is 3.74. The van der Waals surface area contributed by atoms with Gasteiger partial charge in [-0.3, -0.25) is 4.57 Å². The molecule has 0 fully saturated rings. The molecule has 0 aliphatic heterocycles. The molecule has 0 bridgehead atoms. The highest BCUT2D eigenvalue weighted by Crippen LogP contribution is 2.32. The van der Waals surface area contributed by atoms with Crippen LogP contribution in [0.4, 0.5) is 0 Å². The summed E-state index contributed by atoms with van der Waals surface area (Å²) in [7, 11) is -3.92. The van der Waals surface area contributed by atoms with E-state index >= 15 is 0 Å². The van der Waals surface area contributed by atoms with Gasteiger partial charge in [0.25, 0.3) is 15.2 Å². The molecule has 2 aromatic rings. The molecule has 0 unspecified atom stereocenters. The van der Waals surface area contributed by atoms with E-state index in [4.69, 9.17) is 5.14 Å². The van der Waals surface area contributed by atoms with Gasteiger partial charge in [0, 0.05) is 20.6 Å². The molecule has 2 N–H and O–H groups in total. The predicted octanol–water partition coefficient (Wildman–Crippen LogP) is 2.70. The highest BCUT2D eigenvalue weighted by atomic mass is 79.9. The number of hydrogen-bond donors (Lipinski definition) is 1. The highest BCUT2D eigenvalue weighted by molar-refractivity contribution is 9.11. The summed E-state index contributed by atoms with van der Waals surface area (Å²) in [4.78, 5) is 0. The molecule has 1 aromatic heterocycles. The lowest BCUT2D eigenvalue weighted by molar-refractivity contribution is 0.524. The lowest BCUT2D eigenvalue weighted by Crippen LogP contribution is -2.20. The molecule has 0 aliphatic rings. The van der Waals surface area contributed by atoms with Gasteiger partial charge in [-0.15, -0.1) is 10.2 Å². The molecule has 0 spiro atoms. The summed E-state index contributed by atoms with van der Waals surface area (Å²) in [5.74, 6) is 0.448. The second-order valence-corrected chi connectivity index (χ2v) is 7.66. The zero-order chi connectivity index (χ0) is 15.1. The van der Waals surface area contributed by atoms with E-state index in [-0.39, 0.29) is 11.2 Å². The summed E-state index contributed by atoms with van der Waals surface area (Å²) >= 11 is 6.80. The number of rotatable bonds is 3. The van der Waals surface area contributed by atoms with Crippen LogP contribution >= 0.6 is 31.9 Å². The summed E-state index contributed by atoms with van der Waals surface area (Å²) in [6.07, 6.45) is 0. The van der Waals surface area contributed by atoms with Crippen molar-refractivity contribution < 1.29 is 8.42 Å². The first-order chi connectivity index (χ1) is 9.21. The Labute approximate surface area is 133 Å². The van der Waals surface area contributed by atoms with Gasteiger partial charge in [-0.2, -0.15) is 0 Å². The maximum absolute atomic E-state index is 11.6. The fraction of sp³-hybridized carbons (Fsp3) is 0.273. The van der Waals surface area contributed by atoms with Crippen LogP contribution in [0.15, 0.2) is 32.3 Å². The molecule has 1 heterocycles. The van der Waals surface area contributed by atoms with Gasteiger partial charge in [0.05, 0.1) is 0 Å². The zero-order valence-electron chi connectivity index (χ0n) is 10.7. The van der Waals surface area contributed by atoms with Crippen molar-refractivity contribution in [3.63, 3.8) is 0 Å². The number of primary sulfonamides is 1. The highest BCUT2D eigenvalue weighted by Gasteiger charge is 2.24. The van der Waals surface area contributed by atoms with E-state index in [1.807, 2.05) is 32.0 Å². The topological polar surface area (TPSA) is 90.9 Å². The number of aromatic nitrogens is 3. The molecule has 9 heteroatoms. The number of nitrogens with two attached hydrogens (primary N) is 1. The Hall–Kier alpha value is -0.770. The van der Waals surface area contributed by atoms with Crippen LogP contribution in [0.5, 0.6) is 0 Å². The van der Waals surface area contributed by atoms with Crippen molar-refractivity contribution in [2.75, 3.05) is 0 Å². The van der Waals surface area contributed by atoms with Crippen molar-refractivity contribution in [3.05, 3.63) is 27.1 Å². The molecule has 0 aliphatic carbocycles. The van der Waals surface area contributed by atoms with E-state index in [2.05, 4.69) is 42.1 Å². The van der Waals surface area contributed by atoms with Crippen LogP contribution in [0.2, 0.25) is 0 Å². The smallest absolute Gasteiger partial charge is 0.273 e. The van der Waals surface area contributed by atoms with Crippen molar-refractivity contribution in [2.24, 2.45) is 5.14 Å². The quantitative estimate of drug-likeness (QED) is 0.821. The number of halogens is 2. The number of nitrogens with zero attached hydrogens (tertiary/aromatic N) is 3. The number of sulfonamides is 1. The maximum Gasteiger partial charge on any atom is 0.273 e. The fourth-order valence-electron chi connectivity index (χ4n) is 1.79. The molecule has 6 nitrogen and oxygen atoms in total. The van der Waals surface area contributed by atoms with E-state index in [0.29, 0.717) is 5.82 Å². The average Bonchev–Trinajstić information content (AvgIpc) is 2.72. The first kappa shape index (κ1) is 15.6. The van der Waals surface area contributed by atoms with Crippen molar-refractivity contribution in [1.82, 2.24) is 14.8 Å². The van der Waals surface area contributed by atoms with E-state index in [1.54, 1.807) is 0 Å². The van der Waals surface area contributed by atoms with Gasteiger partial charge < -0.3 is 0 Å². The first-order valence-corrected chi connectivity index (χ1v) is 8.78. The second-order valence-electron chi connectivity index (χ2n) is 4.44. The van der Waals surface area contributed by atoms with Crippen LogP contribution in [0, 0.1) is 0 Å². The van der Waals surface area contributed by atoms with Gasteiger partial charge in [0.15, 0.2) is 5.82 Å². The van der Waals surface area contributed by atoms with Gasteiger partial charge in [0.1, 0.15) is 0 Å². The third-order valence-electron chi connectivity index (χ3n) is 2.61. The summed E-state index contributed by atoms with van der Waals surface area (Å²) in [5.41, 5.74) is 0.740. The third kappa shape index (κ3) is 2.95. The van der Waals surface area contributed by atoms with E-state index < -0.39 is 10.0 Å². The largest absolute Gasteiger partial charge is 0.294 e. The van der Waals surface area contributed by atoms with Crippen molar-refractivity contribution in [2.45, 2.75) is 25.0 Å². The molecule has 0 saturated heterocycles. The van der Waals surface area contributed by atoms with Crippen molar-refractivity contribution >= 4 is 41.9 Å². The van der Waals surface area contributed by atoms with E-state index in [1.165, 1.54) is 4.57 Å². The van der Waals surface area contributed by atoms with Crippen LogP contribution in [0.3, 0.4) is 0 Å². The summed E-state index contributed by atoms with van der Waals surface area (Å²) < 4.78 is 26.3. The monoisotopic (exact) mass is 422 g/mol. The number of hydrogen-bond acceptors (Lipinski definition) is 4. The van der Waals surface area contributed by atoms with Crippen LogP contribution in [-0.4, -0.2) is 23.2 Å². The van der Waals surface area contributed by atoms with E-state index in [0.717, 1.165) is 14.5 Å². The Balaban J connectivity index is 2.73. The number of benzene rings is 1. The lowest BCUT2D eigenvalue weighted by atomic mass is 10.2. The summed E-state index contributed by atoms with van der Waals surface area (Å²) in [5, 5.41) is 12.6. The van der Waals surface area contributed by atoms with Gasteiger partial charge >= 0.3 is 0 Å². The van der Waals surface area contributed by atoms with Crippen molar-refractivity contribution in [1.29, 1.82) is 0 Å². The Bertz CT molecular complexity index is 756. The standard InChI is InChI=1S/C11H12Br2N4O2S/c1-6(2)17-10(15-16-11(17)20(14,18)19)8-4-3-7(12)5-9(8)13/h3-6H,1-2H3,(H2,14,18,19). The predicted molar refractivity (Wildman–Crippen MR) is 82.6 cm³/mol. The van der Waals surface area contributed by atoms with Crippen LogP contribution < -0.4 is 5.14 Å². The molecule has 20 heavy (non-hydrogen) atoms. The molecular weight excluding hydrogens is 412 g/mol. The normalized spacial score (nSPS) is 12.1. The van der Waals surface area contributed by atoms with Gasteiger partial charge in [-0.25, -0.2) is 13.6 Å². The Kier molecular flexibility index (Phi) is 4.33.